The summed E-state index contributed by atoms with van der Waals surface area (Å²) < 4.78 is 0. The molecule has 1 nitrogen and oxygen atoms in total. The summed E-state index contributed by atoms with van der Waals surface area (Å²) in [6, 6.07) is 15.3. The van der Waals surface area contributed by atoms with Gasteiger partial charge in [-0.3, -0.25) is 0 Å². The van der Waals surface area contributed by atoms with Crippen LogP contribution in [0.1, 0.15) is 12.0 Å². The molecular weight excluding hydrogens is 230 g/mol. The van der Waals surface area contributed by atoms with Crippen molar-refractivity contribution in [1.82, 2.24) is 4.90 Å². The molecule has 0 amide bonds. The Morgan fingerprint density at radius 3 is 2.58 bits per heavy atom. The van der Waals surface area contributed by atoms with E-state index in [-0.39, 0.29) is 0 Å². The van der Waals surface area contributed by atoms with E-state index >= 15 is 0 Å². The molecule has 1 aliphatic carbocycles. The third kappa shape index (κ3) is 2.47. The highest BCUT2D eigenvalue weighted by Crippen LogP contribution is 2.31. The molecule has 0 heterocycles. The molecule has 3 rings (SSSR count). The van der Waals surface area contributed by atoms with Gasteiger partial charge in [-0.2, -0.15) is 0 Å². The van der Waals surface area contributed by atoms with Crippen molar-refractivity contribution in [2.75, 3.05) is 20.6 Å². The first-order valence-corrected chi connectivity index (χ1v) is 6.76. The zero-order valence-electron chi connectivity index (χ0n) is 11.6. The van der Waals surface area contributed by atoms with Crippen molar-refractivity contribution >= 4 is 16.3 Å². The first kappa shape index (κ1) is 12.2. The molecule has 0 atom stereocenters. The summed E-state index contributed by atoms with van der Waals surface area (Å²) in [7, 11) is 4.24. The van der Waals surface area contributed by atoms with Gasteiger partial charge in [0.05, 0.1) is 0 Å². The summed E-state index contributed by atoms with van der Waals surface area (Å²) in [5.74, 6) is 0. The molecule has 1 aliphatic rings. The molecule has 0 aliphatic heterocycles. The first-order valence-electron chi connectivity index (χ1n) is 6.76. The van der Waals surface area contributed by atoms with Gasteiger partial charge in [-0.05, 0) is 54.1 Å². The van der Waals surface area contributed by atoms with Crippen molar-refractivity contribution in [1.29, 1.82) is 0 Å². The van der Waals surface area contributed by atoms with Crippen LogP contribution in [0.4, 0.5) is 0 Å². The summed E-state index contributed by atoms with van der Waals surface area (Å²) in [6.45, 7) is 1.01. The largest absolute Gasteiger partial charge is 0.305 e. The van der Waals surface area contributed by atoms with Crippen LogP contribution in [-0.2, 0) is 0 Å². The van der Waals surface area contributed by atoms with Gasteiger partial charge in [0.1, 0.15) is 0 Å². The molecule has 2 aromatic rings. The third-order valence-electron chi connectivity index (χ3n) is 3.61. The van der Waals surface area contributed by atoms with Gasteiger partial charge in [0, 0.05) is 6.54 Å². The maximum Gasteiger partial charge on any atom is 0.0230 e. The zero-order chi connectivity index (χ0) is 13.2. The van der Waals surface area contributed by atoms with Gasteiger partial charge in [0.15, 0.2) is 0 Å². The maximum atomic E-state index is 2.31. The number of allylic oxidation sites excluding steroid dienone is 2. The van der Waals surface area contributed by atoms with Crippen LogP contribution in [0.2, 0.25) is 0 Å². The Bertz CT molecular complexity index is 662. The van der Waals surface area contributed by atoms with E-state index in [9.17, 15) is 0 Å². The lowest BCUT2D eigenvalue weighted by atomic mass is 9.98. The fourth-order valence-electron chi connectivity index (χ4n) is 2.72. The Labute approximate surface area is 114 Å². The molecule has 0 radical (unpaired) electrons. The number of nitrogens with zero attached hydrogens (tertiary/aromatic N) is 1. The van der Waals surface area contributed by atoms with Crippen molar-refractivity contribution in [2.24, 2.45) is 0 Å². The predicted molar refractivity (Wildman–Crippen MR) is 83.2 cm³/mol. The maximum absolute atomic E-state index is 2.31. The second-order valence-corrected chi connectivity index (χ2v) is 5.41. The van der Waals surface area contributed by atoms with Crippen molar-refractivity contribution in [3.05, 3.63) is 65.8 Å². The van der Waals surface area contributed by atoms with Gasteiger partial charge < -0.3 is 4.90 Å². The number of fused-ring (bicyclic) bond motifs is 1. The Morgan fingerprint density at radius 1 is 1.00 bits per heavy atom. The molecule has 19 heavy (non-hydrogen) atoms. The lowest BCUT2D eigenvalue weighted by molar-refractivity contribution is 0.450. The van der Waals surface area contributed by atoms with E-state index in [2.05, 4.69) is 73.6 Å². The minimum atomic E-state index is 1.01. The lowest BCUT2D eigenvalue weighted by Gasteiger charge is -2.13. The average molecular weight is 249 g/mol. The van der Waals surface area contributed by atoms with Gasteiger partial charge in [0.25, 0.3) is 0 Å². The summed E-state index contributed by atoms with van der Waals surface area (Å²) in [6.07, 6.45) is 5.59. The Balaban J connectivity index is 2.04. The summed E-state index contributed by atoms with van der Waals surface area (Å²) in [4.78, 5) is 2.23. The predicted octanol–water partition coefficient (Wildman–Crippen LogP) is 4.11. The highest BCUT2D eigenvalue weighted by molar-refractivity contribution is 5.87. The van der Waals surface area contributed by atoms with Crippen LogP contribution in [0, 0.1) is 0 Å². The Morgan fingerprint density at radius 2 is 1.79 bits per heavy atom. The smallest absolute Gasteiger partial charge is 0.0230 e. The quantitative estimate of drug-likeness (QED) is 0.791. The Kier molecular flexibility index (Phi) is 3.22. The SMILES string of the molecule is CN(C)CC1=C(c2ccc3ccccc3c2)CC=C1. The van der Waals surface area contributed by atoms with E-state index in [1.165, 1.54) is 27.5 Å². The van der Waals surface area contributed by atoms with Crippen molar-refractivity contribution < 1.29 is 0 Å². The van der Waals surface area contributed by atoms with E-state index in [4.69, 9.17) is 0 Å². The minimum Gasteiger partial charge on any atom is -0.305 e. The highest BCUT2D eigenvalue weighted by Gasteiger charge is 2.12. The van der Waals surface area contributed by atoms with Gasteiger partial charge in [0.2, 0.25) is 0 Å². The van der Waals surface area contributed by atoms with E-state index in [1.54, 1.807) is 0 Å². The van der Waals surface area contributed by atoms with Gasteiger partial charge in [-0.1, -0.05) is 48.6 Å². The molecule has 0 unspecified atom stereocenters. The molecule has 0 fully saturated rings. The standard InChI is InChI=1S/C18H19N/c1-19(2)13-17-8-5-9-18(17)16-11-10-14-6-3-4-7-15(14)12-16/h3-8,10-12H,9,13H2,1-2H3. The number of rotatable bonds is 3. The zero-order valence-corrected chi connectivity index (χ0v) is 11.6. The van der Waals surface area contributed by atoms with Crippen molar-refractivity contribution in [3.63, 3.8) is 0 Å². The fourth-order valence-corrected chi connectivity index (χ4v) is 2.72. The number of hydrogen-bond acceptors (Lipinski definition) is 1. The molecule has 2 aromatic carbocycles. The van der Waals surface area contributed by atoms with Crippen LogP contribution in [0.25, 0.3) is 16.3 Å². The van der Waals surface area contributed by atoms with Crippen LogP contribution in [0.5, 0.6) is 0 Å². The molecule has 96 valence electrons. The van der Waals surface area contributed by atoms with Crippen LogP contribution in [-0.4, -0.2) is 25.5 Å². The molecule has 0 N–H and O–H groups in total. The number of likely N-dealkylation sites (N-methyl/N-ethyl adjacent to an activating group) is 1. The van der Waals surface area contributed by atoms with E-state index in [0.717, 1.165) is 13.0 Å². The topological polar surface area (TPSA) is 3.24 Å². The number of benzene rings is 2. The molecular formula is C18H19N. The molecule has 0 aromatic heterocycles. The highest BCUT2D eigenvalue weighted by atomic mass is 15.0. The van der Waals surface area contributed by atoms with Crippen LogP contribution < -0.4 is 0 Å². The average Bonchev–Trinajstić information content (AvgIpc) is 2.85. The van der Waals surface area contributed by atoms with Gasteiger partial charge >= 0.3 is 0 Å². The second-order valence-electron chi connectivity index (χ2n) is 5.41. The van der Waals surface area contributed by atoms with Crippen LogP contribution in [0.15, 0.2) is 60.2 Å². The molecule has 1 heteroatoms. The lowest BCUT2D eigenvalue weighted by Crippen LogP contribution is -2.14. The van der Waals surface area contributed by atoms with E-state index in [0.29, 0.717) is 0 Å². The first-order chi connectivity index (χ1) is 9.24. The van der Waals surface area contributed by atoms with Crippen LogP contribution >= 0.6 is 0 Å². The Hall–Kier alpha value is -1.86. The summed E-state index contributed by atoms with van der Waals surface area (Å²) in [5.41, 5.74) is 4.28. The minimum absolute atomic E-state index is 1.01. The normalized spacial score (nSPS) is 14.9. The van der Waals surface area contributed by atoms with Gasteiger partial charge in [-0.25, -0.2) is 0 Å². The van der Waals surface area contributed by atoms with Crippen LogP contribution in [0.3, 0.4) is 0 Å². The fraction of sp³-hybridized carbons (Fsp3) is 0.222. The monoisotopic (exact) mass is 249 g/mol. The van der Waals surface area contributed by atoms with Crippen molar-refractivity contribution in [2.45, 2.75) is 6.42 Å². The van der Waals surface area contributed by atoms with E-state index in [1.807, 2.05) is 0 Å². The summed E-state index contributed by atoms with van der Waals surface area (Å²) >= 11 is 0. The second kappa shape index (κ2) is 5.02. The van der Waals surface area contributed by atoms with Crippen molar-refractivity contribution in [3.8, 4) is 0 Å². The molecule has 0 saturated carbocycles. The third-order valence-corrected chi connectivity index (χ3v) is 3.61. The van der Waals surface area contributed by atoms with Gasteiger partial charge in [-0.15, -0.1) is 0 Å². The molecule has 0 saturated heterocycles. The molecule has 0 bridgehead atoms. The summed E-state index contributed by atoms with van der Waals surface area (Å²) in [5, 5.41) is 2.63. The molecule has 0 spiro atoms. The van der Waals surface area contributed by atoms with E-state index < -0.39 is 0 Å². The number of hydrogen-bond donors (Lipinski definition) is 0.